The molecular formula is C18H16O3. The van der Waals surface area contributed by atoms with E-state index in [1.54, 1.807) is 0 Å². The first-order chi connectivity index (χ1) is 10.3. The molecule has 0 radical (unpaired) electrons. The van der Waals surface area contributed by atoms with Crippen LogP contribution in [-0.2, 0) is 6.42 Å². The van der Waals surface area contributed by atoms with Crippen molar-refractivity contribution in [1.82, 2.24) is 0 Å². The van der Waals surface area contributed by atoms with Crippen LogP contribution in [0, 0.1) is 0 Å². The molecule has 2 aromatic rings. The van der Waals surface area contributed by atoms with Gasteiger partial charge in [0.1, 0.15) is 6.61 Å². The summed E-state index contributed by atoms with van der Waals surface area (Å²) in [5.41, 5.74) is 3.10. The standard InChI is InChI=1S/C18H16O3/c19-15-5-3-4-12-10-13(8-9-14(12)15)18-11-20-16-6-1-2-7-17(16)21-18/h1-2,6-10,18H,3-5,11H2. The third-order valence-electron chi connectivity index (χ3n) is 4.16. The van der Waals surface area contributed by atoms with Crippen molar-refractivity contribution in [2.45, 2.75) is 25.4 Å². The van der Waals surface area contributed by atoms with Gasteiger partial charge in [0.25, 0.3) is 0 Å². The second-order valence-electron chi connectivity index (χ2n) is 5.56. The largest absolute Gasteiger partial charge is 0.485 e. The minimum atomic E-state index is -0.109. The number of fused-ring (bicyclic) bond motifs is 2. The van der Waals surface area contributed by atoms with Crippen molar-refractivity contribution in [1.29, 1.82) is 0 Å². The highest BCUT2D eigenvalue weighted by atomic mass is 16.6. The third-order valence-corrected chi connectivity index (χ3v) is 4.16. The molecule has 106 valence electrons. The van der Waals surface area contributed by atoms with Gasteiger partial charge in [-0.2, -0.15) is 0 Å². The molecule has 3 nitrogen and oxygen atoms in total. The Bertz CT molecular complexity index is 705. The van der Waals surface area contributed by atoms with Gasteiger partial charge in [0.15, 0.2) is 23.4 Å². The van der Waals surface area contributed by atoms with Crippen LogP contribution in [-0.4, -0.2) is 12.4 Å². The topological polar surface area (TPSA) is 35.5 Å². The summed E-state index contributed by atoms with van der Waals surface area (Å²) in [6.07, 6.45) is 2.48. The van der Waals surface area contributed by atoms with Crippen LogP contribution in [0.2, 0.25) is 0 Å². The molecule has 3 heteroatoms. The highest BCUT2D eigenvalue weighted by Gasteiger charge is 2.24. The smallest absolute Gasteiger partial charge is 0.163 e. The first-order valence-corrected chi connectivity index (χ1v) is 7.36. The molecule has 1 heterocycles. The van der Waals surface area contributed by atoms with E-state index < -0.39 is 0 Å². The molecule has 2 aliphatic rings. The lowest BCUT2D eigenvalue weighted by atomic mass is 9.88. The highest BCUT2D eigenvalue weighted by Crippen LogP contribution is 2.36. The quantitative estimate of drug-likeness (QED) is 0.798. The summed E-state index contributed by atoms with van der Waals surface area (Å²) in [6.45, 7) is 0.504. The summed E-state index contributed by atoms with van der Waals surface area (Å²) in [4.78, 5) is 11.9. The Labute approximate surface area is 123 Å². The number of carbonyl (C=O) groups excluding carboxylic acids is 1. The van der Waals surface area contributed by atoms with Crippen LogP contribution in [0.4, 0.5) is 0 Å². The molecule has 1 aliphatic carbocycles. The number of ether oxygens (including phenoxy) is 2. The Balaban J connectivity index is 1.65. The third kappa shape index (κ3) is 2.19. The van der Waals surface area contributed by atoms with Gasteiger partial charge in [0.2, 0.25) is 0 Å². The number of aryl methyl sites for hydroxylation is 1. The minimum Gasteiger partial charge on any atom is -0.485 e. The van der Waals surface area contributed by atoms with Gasteiger partial charge >= 0.3 is 0 Å². The Morgan fingerprint density at radius 1 is 1.00 bits per heavy atom. The maximum Gasteiger partial charge on any atom is 0.163 e. The number of rotatable bonds is 1. The monoisotopic (exact) mass is 280 g/mol. The van der Waals surface area contributed by atoms with E-state index in [-0.39, 0.29) is 11.9 Å². The van der Waals surface area contributed by atoms with Crippen LogP contribution in [0.5, 0.6) is 11.5 Å². The number of para-hydroxylation sites is 2. The van der Waals surface area contributed by atoms with Gasteiger partial charge in [0.05, 0.1) is 0 Å². The van der Waals surface area contributed by atoms with Crippen LogP contribution in [0.25, 0.3) is 0 Å². The molecule has 0 bridgehead atoms. The minimum absolute atomic E-state index is 0.109. The molecule has 1 aliphatic heterocycles. The molecule has 0 amide bonds. The van der Waals surface area contributed by atoms with Crippen LogP contribution in [0.1, 0.15) is 40.4 Å². The fraction of sp³-hybridized carbons (Fsp3) is 0.278. The fourth-order valence-electron chi connectivity index (χ4n) is 3.05. The van der Waals surface area contributed by atoms with Crippen molar-refractivity contribution in [3.8, 4) is 11.5 Å². The molecule has 0 spiro atoms. The zero-order valence-electron chi connectivity index (χ0n) is 11.7. The molecule has 0 saturated carbocycles. The predicted octanol–water partition coefficient (Wildman–Crippen LogP) is 3.72. The van der Waals surface area contributed by atoms with Crippen LogP contribution < -0.4 is 9.47 Å². The lowest BCUT2D eigenvalue weighted by molar-refractivity contribution is 0.0910. The summed E-state index contributed by atoms with van der Waals surface area (Å²) in [7, 11) is 0. The normalized spacial score (nSPS) is 20.0. The average Bonchev–Trinajstić information content (AvgIpc) is 2.54. The number of hydrogen-bond acceptors (Lipinski definition) is 3. The Morgan fingerprint density at radius 3 is 2.76 bits per heavy atom. The zero-order valence-corrected chi connectivity index (χ0v) is 11.7. The molecule has 2 aromatic carbocycles. The highest BCUT2D eigenvalue weighted by molar-refractivity contribution is 5.98. The molecule has 0 aromatic heterocycles. The van der Waals surface area contributed by atoms with Crippen molar-refractivity contribution in [2.75, 3.05) is 6.61 Å². The Morgan fingerprint density at radius 2 is 1.86 bits per heavy atom. The van der Waals surface area contributed by atoms with E-state index in [4.69, 9.17) is 9.47 Å². The van der Waals surface area contributed by atoms with Gasteiger partial charge in [-0.1, -0.05) is 30.3 Å². The molecule has 4 rings (SSSR count). The van der Waals surface area contributed by atoms with Gasteiger partial charge in [-0.25, -0.2) is 0 Å². The second-order valence-corrected chi connectivity index (χ2v) is 5.56. The second kappa shape index (κ2) is 4.92. The van der Waals surface area contributed by atoms with E-state index in [1.165, 1.54) is 0 Å². The Hall–Kier alpha value is -2.29. The van der Waals surface area contributed by atoms with Crippen molar-refractivity contribution >= 4 is 5.78 Å². The van der Waals surface area contributed by atoms with Gasteiger partial charge in [0, 0.05) is 12.0 Å². The number of carbonyl (C=O) groups is 1. The van der Waals surface area contributed by atoms with Crippen molar-refractivity contribution in [3.05, 3.63) is 59.2 Å². The lowest BCUT2D eigenvalue weighted by Crippen LogP contribution is -2.22. The van der Waals surface area contributed by atoms with E-state index >= 15 is 0 Å². The van der Waals surface area contributed by atoms with Crippen LogP contribution in [0.3, 0.4) is 0 Å². The van der Waals surface area contributed by atoms with Gasteiger partial charge in [-0.05, 0) is 36.1 Å². The number of ketones is 1. The van der Waals surface area contributed by atoms with Crippen LogP contribution >= 0.6 is 0 Å². The summed E-state index contributed by atoms with van der Waals surface area (Å²) in [5.74, 6) is 1.83. The molecule has 1 unspecified atom stereocenters. The van der Waals surface area contributed by atoms with E-state index in [0.717, 1.165) is 41.0 Å². The maximum absolute atomic E-state index is 11.9. The average molecular weight is 280 g/mol. The number of Topliss-reactive ketones (excluding diaryl/α,β-unsaturated/α-hetero) is 1. The van der Waals surface area contributed by atoms with E-state index in [0.29, 0.717) is 13.0 Å². The molecule has 0 N–H and O–H groups in total. The first-order valence-electron chi connectivity index (χ1n) is 7.36. The molecular weight excluding hydrogens is 264 g/mol. The molecule has 0 fully saturated rings. The molecule has 1 atom stereocenters. The van der Waals surface area contributed by atoms with E-state index in [1.807, 2.05) is 36.4 Å². The van der Waals surface area contributed by atoms with Crippen molar-refractivity contribution in [3.63, 3.8) is 0 Å². The van der Waals surface area contributed by atoms with Crippen LogP contribution in [0.15, 0.2) is 42.5 Å². The van der Waals surface area contributed by atoms with Gasteiger partial charge < -0.3 is 9.47 Å². The van der Waals surface area contributed by atoms with Crippen molar-refractivity contribution in [2.24, 2.45) is 0 Å². The maximum atomic E-state index is 11.9. The zero-order chi connectivity index (χ0) is 14.2. The summed E-state index contributed by atoms with van der Waals surface area (Å²) < 4.78 is 11.8. The van der Waals surface area contributed by atoms with Gasteiger partial charge in [-0.15, -0.1) is 0 Å². The number of hydrogen-bond donors (Lipinski definition) is 0. The fourth-order valence-corrected chi connectivity index (χ4v) is 3.05. The van der Waals surface area contributed by atoms with Gasteiger partial charge in [-0.3, -0.25) is 4.79 Å². The van der Waals surface area contributed by atoms with Crippen molar-refractivity contribution < 1.29 is 14.3 Å². The molecule has 21 heavy (non-hydrogen) atoms. The van der Waals surface area contributed by atoms with E-state index in [9.17, 15) is 4.79 Å². The molecule has 0 saturated heterocycles. The van der Waals surface area contributed by atoms with E-state index in [2.05, 4.69) is 6.07 Å². The summed E-state index contributed by atoms with van der Waals surface area (Å²) in [5, 5.41) is 0. The SMILES string of the molecule is O=C1CCCc2cc(C3COc4ccccc4O3)ccc21. The predicted molar refractivity (Wildman–Crippen MR) is 79.0 cm³/mol. The Kier molecular flexibility index (Phi) is 2.92. The first kappa shape index (κ1) is 12.5. The number of benzene rings is 2. The lowest BCUT2D eigenvalue weighted by Gasteiger charge is -2.27. The summed E-state index contributed by atoms with van der Waals surface area (Å²) in [6, 6.07) is 13.7. The summed E-state index contributed by atoms with van der Waals surface area (Å²) >= 11 is 0.